The van der Waals surface area contributed by atoms with Crippen LogP contribution in [-0.4, -0.2) is 23.3 Å². The first-order chi connectivity index (χ1) is 10.4. The highest BCUT2D eigenvalue weighted by Crippen LogP contribution is 2.33. The van der Waals surface area contributed by atoms with E-state index in [2.05, 4.69) is 0 Å². The van der Waals surface area contributed by atoms with Gasteiger partial charge in [-0.3, -0.25) is 0 Å². The average molecular weight is 339 g/mol. The van der Waals surface area contributed by atoms with E-state index >= 15 is 0 Å². The third kappa shape index (κ3) is 3.35. The molecule has 2 aromatic carbocycles. The van der Waals surface area contributed by atoms with Gasteiger partial charge < -0.3 is 14.9 Å². The maximum absolute atomic E-state index is 11.5. The molecule has 0 aliphatic heterocycles. The van der Waals surface area contributed by atoms with E-state index in [9.17, 15) is 15.0 Å². The highest BCUT2D eigenvalue weighted by Gasteiger charge is 2.14. The number of aliphatic carboxylic acids is 1. The van der Waals surface area contributed by atoms with Gasteiger partial charge in [-0.05, 0) is 29.8 Å². The number of phenols is 1. The van der Waals surface area contributed by atoms with E-state index < -0.39 is 5.97 Å². The maximum Gasteiger partial charge on any atom is 0.336 e. The molecule has 0 heterocycles. The van der Waals surface area contributed by atoms with Crippen molar-refractivity contribution in [1.82, 2.24) is 0 Å². The zero-order valence-electron chi connectivity index (χ0n) is 11.5. The second-order valence-corrected chi connectivity index (χ2v) is 5.20. The number of carboxylic acid groups (broad SMARTS) is 1. The molecule has 2 N–H and O–H groups in total. The number of methoxy groups -OCH3 is 1. The molecular weight excluding hydrogens is 327 g/mol. The summed E-state index contributed by atoms with van der Waals surface area (Å²) in [6.45, 7) is 0. The van der Waals surface area contributed by atoms with Crippen LogP contribution in [0.4, 0.5) is 0 Å². The van der Waals surface area contributed by atoms with Crippen molar-refractivity contribution in [3.8, 4) is 11.5 Å². The number of rotatable bonds is 4. The largest absolute Gasteiger partial charge is 0.504 e. The van der Waals surface area contributed by atoms with Crippen LogP contribution < -0.4 is 4.74 Å². The third-order valence-electron chi connectivity index (χ3n) is 3.01. The summed E-state index contributed by atoms with van der Waals surface area (Å²) < 4.78 is 5.00. The van der Waals surface area contributed by atoms with Gasteiger partial charge in [0.1, 0.15) is 0 Å². The first-order valence-electron chi connectivity index (χ1n) is 6.20. The van der Waals surface area contributed by atoms with Crippen molar-refractivity contribution >= 4 is 40.8 Å². The lowest BCUT2D eigenvalue weighted by molar-refractivity contribution is -0.130. The Hall–Kier alpha value is -2.17. The molecule has 2 rings (SSSR count). The molecule has 0 fully saturated rings. The van der Waals surface area contributed by atoms with Crippen molar-refractivity contribution in [1.29, 1.82) is 0 Å². The fourth-order valence-electron chi connectivity index (χ4n) is 1.91. The topological polar surface area (TPSA) is 66.8 Å². The Labute approximate surface area is 137 Å². The van der Waals surface area contributed by atoms with Crippen molar-refractivity contribution in [3.63, 3.8) is 0 Å². The van der Waals surface area contributed by atoms with Crippen molar-refractivity contribution < 1.29 is 19.7 Å². The van der Waals surface area contributed by atoms with Crippen molar-refractivity contribution in [2.24, 2.45) is 0 Å². The quantitative estimate of drug-likeness (QED) is 0.643. The fraction of sp³-hybridized carbons (Fsp3) is 0.0625. The van der Waals surface area contributed by atoms with E-state index in [1.807, 2.05) is 0 Å². The number of carbonyl (C=O) groups is 1. The minimum Gasteiger partial charge on any atom is -0.504 e. The smallest absolute Gasteiger partial charge is 0.336 e. The number of carboxylic acids is 1. The van der Waals surface area contributed by atoms with Gasteiger partial charge in [0.15, 0.2) is 11.5 Å². The van der Waals surface area contributed by atoms with Crippen LogP contribution in [0.25, 0.3) is 11.6 Å². The van der Waals surface area contributed by atoms with E-state index in [1.54, 1.807) is 24.3 Å². The normalized spacial score (nSPS) is 11.3. The molecule has 0 amide bonds. The summed E-state index contributed by atoms with van der Waals surface area (Å²) in [6.07, 6.45) is 1.35. The second-order valence-electron chi connectivity index (χ2n) is 4.39. The first kappa shape index (κ1) is 16.2. The Balaban J connectivity index is 2.57. The molecule has 0 spiro atoms. The predicted molar refractivity (Wildman–Crippen MR) is 86.6 cm³/mol. The lowest BCUT2D eigenvalue weighted by atomic mass is 10.0. The molecule has 0 radical (unpaired) electrons. The molecular formula is C16H12Cl2O4. The Morgan fingerprint density at radius 2 is 1.91 bits per heavy atom. The predicted octanol–water partition coefficient (Wildman–Crippen LogP) is 4.33. The van der Waals surface area contributed by atoms with Crippen LogP contribution in [-0.2, 0) is 4.79 Å². The summed E-state index contributed by atoms with van der Waals surface area (Å²) in [7, 11) is 1.42. The third-order valence-corrected chi connectivity index (χ3v) is 3.75. The molecule has 114 valence electrons. The molecule has 0 unspecified atom stereocenters. The monoisotopic (exact) mass is 338 g/mol. The van der Waals surface area contributed by atoms with Gasteiger partial charge in [-0.15, -0.1) is 0 Å². The summed E-state index contributed by atoms with van der Waals surface area (Å²) in [4.78, 5) is 11.5. The fourth-order valence-corrected chi connectivity index (χ4v) is 2.21. The molecule has 0 aromatic heterocycles. The Morgan fingerprint density at radius 1 is 1.18 bits per heavy atom. The lowest BCUT2D eigenvalue weighted by Crippen LogP contribution is -2.00. The maximum atomic E-state index is 11.5. The minimum atomic E-state index is -1.15. The number of hydrogen-bond acceptors (Lipinski definition) is 3. The highest BCUT2D eigenvalue weighted by atomic mass is 35.5. The summed E-state index contributed by atoms with van der Waals surface area (Å²) in [6, 6.07) is 9.33. The summed E-state index contributed by atoms with van der Waals surface area (Å²) in [5.74, 6) is -1.03. The van der Waals surface area contributed by atoms with Crippen LogP contribution in [0.2, 0.25) is 10.0 Å². The molecule has 22 heavy (non-hydrogen) atoms. The van der Waals surface area contributed by atoms with Gasteiger partial charge in [0.2, 0.25) is 0 Å². The zero-order chi connectivity index (χ0) is 16.3. The second kappa shape index (κ2) is 6.73. The molecule has 0 saturated carbocycles. The summed E-state index contributed by atoms with van der Waals surface area (Å²) in [5.41, 5.74) is 0.675. The van der Waals surface area contributed by atoms with E-state index in [4.69, 9.17) is 27.9 Å². The van der Waals surface area contributed by atoms with Crippen LogP contribution in [0.3, 0.4) is 0 Å². The SMILES string of the molecule is COc1cccc(/C=C(\C(=O)O)c2ccc(Cl)c(Cl)c2)c1O. The molecule has 2 aromatic rings. The van der Waals surface area contributed by atoms with E-state index in [0.29, 0.717) is 16.1 Å². The van der Waals surface area contributed by atoms with E-state index in [1.165, 1.54) is 25.3 Å². The molecule has 0 aliphatic carbocycles. The molecule has 0 saturated heterocycles. The summed E-state index contributed by atoms with van der Waals surface area (Å²) in [5, 5.41) is 20.0. The van der Waals surface area contributed by atoms with Gasteiger partial charge in [0.05, 0.1) is 22.7 Å². The van der Waals surface area contributed by atoms with Crippen molar-refractivity contribution in [2.45, 2.75) is 0 Å². The molecule has 0 bridgehead atoms. The Morgan fingerprint density at radius 3 is 2.50 bits per heavy atom. The standard InChI is InChI=1S/C16H12Cl2O4/c1-22-14-4-2-3-10(15(14)19)7-11(16(20)21)9-5-6-12(17)13(18)8-9/h2-8,19H,1H3,(H,20,21)/b11-7-. The van der Waals surface area contributed by atoms with E-state index in [0.717, 1.165) is 0 Å². The minimum absolute atomic E-state index is 0.0258. The molecule has 6 heteroatoms. The van der Waals surface area contributed by atoms with Crippen molar-refractivity contribution in [2.75, 3.05) is 7.11 Å². The van der Waals surface area contributed by atoms with Gasteiger partial charge in [0, 0.05) is 5.56 Å². The van der Waals surface area contributed by atoms with Gasteiger partial charge >= 0.3 is 5.97 Å². The van der Waals surface area contributed by atoms with E-state index in [-0.39, 0.29) is 22.1 Å². The lowest BCUT2D eigenvalue weighted by Gasteiger charge is -2.08. The number of benzene rings is 2. The zero-order valence-corrected chi connectivity index (χ0v) is 13.0. The van der Waals surface area contributed by atoms with Gasteiger partial charge in [-0.2, -0.15) is 0 Å². The first-order valence-corrected chi connectivity index (χ1v) is 6.96. The number of aromatic hydroxyl groups is 1. The Kier molecular flexibility index (Phi) is 4.96. The molecule has 0 aliphatic rings. The number of hydrogen-bond donors (Lipinski definition) is 2. The van der Waals surface area contributed by atoms with Crippen molar-refractivity contribution in [3.05, 3.63) is 57.6 Å². The van der Waals surface area contributed by atoms with Crippen LogP contribution in [0.1, 0.15) is 11.1 Å². The Bertz CT molecular complexity index is 754. The number of ether oxygens (including phenoxy) is 1. The van der Waals surface area contributed by atoms with Gasteiger partial charge in [-0.25, -0.2) is 4.79 Å². The van der Waals surface area contributed by atoms with Crippen LogP contribution in [0.5, 0.6) is 11.5 Å². The van der Waals surface area contributed by atoms with Crippen LogP contribution in [0.15, 0.2) is 36.4 Å². The van der Waals surface area contributed by atoms with Gasteiger partial charge in [0.25, 0.3) is 0 Å². The van der Waals surface area contributed by atoms with Gasteiger partial charge in [-0.1, -0.05) is 41.4 Å². The molecule has 0 atom stereocenters. The highest BCUT2D eigenvalue weighted by molar-refractivity contribution is 6.42. The van der Waals surface area contributed by atoms with Crippen LogP contribution in [0, 0.1) is 0 Å². The number of phenolic OH excluding ortho intramolecular Hbond substituents is 1. The van der Waals surface area contributed by atoms with Crippen LogP contribution >= 0.6 is 23.2 Å². The number of para-hydroxylation sites is 1. The number of halogens is 2. The molecule has 4 nitrogen and oxygen atoms in total. The summed E-state index contributed by atoms with van der Waals surface area (Å²) >= 11 is 11.8. The average Bonchev–Trinajstić information content (AvgIpc) is 2.49.